The SMILES string of the molecule is COc1cccc(CNC(=O)[C@@H](C)N2CCc3ccccc3C2)c1. The molecule has 0 aromatic heterocycles. The average molecular weight is 324 g/mol. The van der Waals surface area contributed by atoms with E-state index in [4.69, 9.17) is 4.74 Å². The molecular weight excluding hydrogens is 300 g/mol. The highest BCUT2D eigenvalue weighted by molar-refractivity contribution is 5.81. The van der Waals surface area contributed by atoms with E-state index in [-0.39, 0.29) is 11.9 Å². The highest BCUT2D eigenvalue weighted by atomic mass is 16.5. The monoisotopic (exact) mass is 324 g/mol. The van der Waals surface area contributed by atoms with Gasteiger partial charge in [0.05, 0.1) is 13.2 Å². The first-order valence-electron chi connectivity index (χ1n) is 8.39. The minimum atomic E-state index is -0.135. The highest BCUT2D eigenvalue weighted by Crippen LogP contribution is 2.20. The van der Waals surface area contributed by atoms with Crippen LogP contribution in [0, 0.1) is 0 Å². The lowest BCUT2D eigenvalue weighted by atomic mass is 9.99. The van der Waals surface area contributed by atoms with Crippen molar-refractivity contribution in [1.29, 1.82) is 0 Å². The van der Waals surface area contributed by atoms with Gasteiger partial charge in [-0.1, -0.05) is 36.4 Å². The number of carbonyl (C=O) groups is 1. The van der Waals surface area contributed by atoms with Crippen molar-refractivity contribution in [3.63, 3.8) is 0 Å². The summed E-state index contributed by atoms with van der Waals surface area (Å²) in [5.41, 5.74) is 3.77. The predicted molar refractivity (Wildman–Crippen MR) is 94.9 cm³/mol. The number of hydrogen-bond donors (Lipinski definition) is 1. The molecule has 1 amide bonds. The molecule has 2 aromatic rings. The largest absolute Gasteiger partial charge is 0.497 e. The van der Waals surface area contributed by atoms with E-state index in [2.05, 4.69) is 34.5 Å². The van der Waals surface area contributed by atoms with Crippen molar-refractivity contribution < 1.29 is 9.53 Å². The summed E-state index contributed by atoms with van der Waals surface area (Å²) in [6, 6.07) is 16.1. The fraction of sp³-hybridized carbons (Fsp3) is 0.350. The molecule has 1 heterocycles. The number of hydrogen-bond acceptors (Lipinski definition) is 3. The zero-order valence-electron chi connectivity index (χ0n) is 14.3. The Morgan fingerprint density at radius 1 is 1.21 bits per heavy atom. The van der Waals surface area contributed by atoms with Crippen LogP contribution in [0.5, 0.6) is 5.75 Å². The van der Waals surface area contributed by atoms with Crippen LogP contribution in [0.25, 0.3) is 0 Å². The standard InChI is InChI=1S/C20H24N2O2/c1-15(22-11-10-17-7-3-4-8-18(17)14-22)20(23)21-13-16-6-5-9-19(12-16)24-2/h3-9,12,15H,10-11,13-14H2,1-2H3,(H,21,23)/t15-/m1/s1. The van der Waals surface area contributed by atoms with Crippen LogP contribution in [0.4, 0.5) is 0 Å². The van der Waals surface area contributed by atoms with Crippen LogP contribution in [0.15, 0.2) is 48.5 Å². The van der Waals surface area contributed by atoms with Crippen LogP contribution >= 0.6 is 0 Å². The maximum absolute atomic E-state index is 12.5. The molecule has 3 rings (SSSR count). The van der Waals surface area contributed by atoms with Crippen LogP contribution in [0.3, 0.4) is 0 Å². The first-order valence-corrected chi connectivity index (χ1v) is 8.39. The lowest BCUT2D eigenvalue weighted by Crippen LogP contribution is -2.46. The first kappa shape index (κ1) is 16.5. The Balaban J connectivity index is 1.57. The number of carbonyl (C=O) groups excluding carboxylic acids is 1. The molecule has 126 valence electrons. The molecule has 0 spiro atoms. The number of nitrogens with zero attached hydrogens (tertiary/aromatic N) is 1. The van der Waals surface area contributed by atoms with Crippen LogP contribution in [-0.2, 0) is 24.3 Å². The summed E-state index contributed by atoms with van der Waals surface area (Å²) in [5, 5.41) is 3.04. The quantitative estimate of drug-likeness (QED) is 0.919. The van der Waals surface area contributed by atoms with E-state index in [0.29, 0.717) is 6.54 Å². The Morgan fingerprint density at radius 2 is 2.00 bits per heavy atom. The molecule has 1 N–H and O–H groups in total. The third kappa shape index (κ3) is 3.77. The van der Waals surface area contributed by atoms with E-state index in [1.165, 1.54) is 11.1 Å². The van der Waals surface area contributed by atoms with Crippen LogP contribution in [0.2, 0.25) is 0 Å². The van der Waals surface area contributed by atoms with Gasteiger partial charge in [-0.15, -0.1) is 0 Å². The lowest BCUT2D eigenvalue weighted by Gasteiger charge is -2.32. The summed E-state index contributed by atoms with van der Waals surface area (Å²) < 4.78 is 5.22. The Labute approximate surface area is 143 Å². The average Bonchev–Trinajstić information content (AvgIpc) is 2.65. The topological polar surface area (TPSA) is 41.6 Å². The molecule has 0 saturated carbocycles. The number of amides is 1. The second kappa shape index (κ2) is 7.49. The van der Waals surface area contributed by atoms with Gasteiger partial charge in [-0.2, -0.15) is 0 Å². The van der Waals surface area contributed by atoms with Crippen molar-refractivity contribution in [1.82, 2.24) is 10.2 Å². The number of nitrogens with one attached hydrogen (secondary N) is 1. The molecule has 0 bridgehead atoms. The Bertz CT molecular complexity index is 714. The van der Waals surface area contributed by atoms with Crippen LogP contribution in [0.1, 0.15) is 23.6 Å². The van der Waals surface area contributed by atoms with E-state index in [1.807, 2.05) is 31.2 Å². The molecule has 4 nitrogen and oxygen atoms in total. The minimum Gasteiger partial charge on any atom is -0.497 e. The number of ether oxygens (including phenoxy) is 1. The summed E-state index contributed by atoms with van der Waals surface area (Å²) in [5.74, 6) is 0.875. The zero-order chi connectivity index (χ0) is 16.9. The van der Waals surface area contributed by atoms with Crippen LogP contribution in [-0.4, -0.2) is 30.5 Å². The van der Waals surface area contributed by atoms with Crippen molar-refractivity contribution in [3.05, 3.63) is 65.2 Å². The number of fused-ring (bicyclic) bond motifs is 1. The summed E-state index contributed by atoms with van der Waals surface area (Å²) >= 11 is 0. The summed E-state index contributed by atoms with van der Waals surface area (Å²) in [6.07, 6.45) is 1.00. The highest BCUT2D eigenvalue weighted by Gasteiger charge is 2.24. The van der Waals surface area contributed by atoms with Crippen molar-refractivity contribution in [2.45, 2.75) is 32.5 Å². The van der Waals surface area contributed by atoms with E-state index in [1.54, 1.807) is 7.11 Å². The predicted octanol–water partition coefficient (Wildman–Crippen LogP) is 2.76. The van der Waals surface area contributed by atoms with Gasteiger partial charge in [0.1, 0.15) is 5.75 Å². The second-order valence-electron chi connectivity index (χ2n) is 6.23. The van der Waals surface area contributed by atoms with Gasteiger partial charge >= 0.3 is 0 Å². The molecule has 0 saturated heterocycles. The van der Waals surface area contributed by atoms with Crippen molar-refractivity contribution >= 4 is 5.91 Å². The van der Waals surface area contributed by atoms with Crippen LogP contribution < -0.4 is 10.1 Å². The third-order valence-electron chi connectivity index (χ3n) is 4.69. The molecule has 0 unspecified atom stereocenters. The van der Waals surface area contributed by atoms with E-state index < -0.39 is 0 Å². The Hall–Kier alpha value is -2.33. The van der Waals surface area contributed by atoms with Gasteiger partial charge in [0.25, 0.3) is 0 Å². The maximum atomic E-state index is 12.5. The number of benzene rings is 2. The molecule has 0 radical (unpaired) electrons. The molecule has 1 atom stereocenters. The smallest absolute Gasteiger partial charge is 0.237 e. The first-order chi connectivity index (χ1) is 11.7. The molecule has 2 aromatic carbocycles. The molecular formula is C20H24N2O2. The second-order valence-corrected chi connectivity index (χ2v) is 6.23. The summed E-state index contributed by atoms with van der Waals surface area (Å²) in [4.78, 5) is 14.7. The third-order valence-corrected chi connectivity index (χ3v) is 4.69. The number of rotatable bonds is 5. The van der Waals surface area contributed by atoms with Gasteiger partial charge in [0.15, 0.2) is 0 Å². The molecule has 0 fully saturated rings. The van der Waals surface area contributed by atoms with Crippen molar-refractivity contribution in [2.75, 3.05) is 13.7 Å². The summed E-state index contributed by atoms with van der Waals surface area (Å²) in [7, 11) is 1.65. The molecule has 24 heavy (non-hydrogen) atoms. The van der Waals surface area contributed by atoms with Gasteiger partial charge in [0, 0.05) is 19.6 Å². The van der Waals surface area contributed by atoms with Gasteiger partial charge in [-0.3, -0.25) is 9.69 Å². The fourth-order valence-electron chi connectivity index (χ4n) is 3.13. The summed E-state index contributed by atoms with van der Waals surface area (Å²) in [6.45, 7) is 4.26. The minimum absolute atomic E-state index is 0.0669. The molecule has 0 aliphatic carbocycles. The Morgan fingerprint density at radius 3 is 2.79 bits per heavy atom. The van der Waals surface area contributed by atoms with E-state index >= 15 is 0 Å². The normalized spacial score (nSPS) is 15.4. The number of methoxy groups -OCH3 is 1. The lowest BCUT2D eigenvalue weighted by molar-refractivity contribution is -0.126. The molecule has 4 heteroatoms. The van der Waals surface area contributed by atoms with E-state index in [0.717, 1.165) is 30.8 Å². The van der Waals surface area contributed by atoms with Gasteiger partial charge in [0.2, 0.25) is 5.91 Å². The van der Waals surface area contributed by atoms with Gasteiger partial charge in [-0.05, 0) is 42.2 Å². The van der Waals surface area contributed by atoms with Crippen molar-refractivity contribution in [3.8, 4) is 5.75 Å². The van der Waals surface area contributed by atoms with Gasteiger partial charge in [-0.25, -0.2) is 0 Å². The molecule has 1 aliphatic heterocycles. The van der Waals surface area contributed by atoms with Gasteiger partial charge < -0.3 is 10.1 Å². The van der Waals surface area contributed by atoms with Crippen molar-refractivity contribution in [2.24, 2.45) is 0 Å². The zero-order valence-corrected chi connectivity index (χ0v) is 14.3. The maximum Gasteiger partial charge on any atom is 0.237 e. The Kier molecular flexibility index (Phi) is 5.16. The fourth-order valence-corrected chi connectivity index (χ4v) is 3.13. The van der Waals surface area contributed by atoms with E-state index in [9.17, 15) is 4.79 Å². The molecule has 1 aliphatic rings.